The monoisotopic (exact) mass is 325 g/mol. The first-order chi connectivity index (χ1) is 9.08. The Kier molecular flexibility index (Phi) is 4.31. The van der Waals surface area contributed by atoms with Crippen molar-refractivity contribution in [2.45, 2.75) is 13.8 Å². The molecule has 100 valence electrons. The van der Waals surface area contributed by atoms with Crippen LogP contribution in [0.2, 0.25) is 0 Å². The van der Waals surface area contributed by atoms with Crippen molar-refractivity contribution in [2.75, 3.05) is 11.9 Å². The number of anilines is 1. The Labute approximate surface area is 119 Å². The van der Waals surface area contributed by atoms with E-state index in [0.717, 1.165) is 12.2 Å². The molecule has 0 atom stereocenters. The Morgan fingerprint density at radius 2 is 2.11 bits per heavy atom. The Morgan fingerprint density at radius 1 is 1.32 bits per heavy atom. The standard InChI is InChI=1S/C13H13BrFN3O/c1-3-16-13-17-8(2)6-12(18-13)19-9-4-5-11(15)10(14)7-9/h4-7H,3H2,1-2H3,(H,16,17,18). The lowest BCUT2D eigenvalue weighted by Gasteiger charge is -2.08. The van der Waals surface area contributed by atoms with E-state index in [4.69, 9.17) is 4.74 Å². The molecule has 1 heterocycles. The molecule has 1 aromatic heterocycles. The van der Waals surface area contributed by atoms with Gasteiger partial charge in [0.1, 0.15) is 11.6 Å². The average molecular weight is 326 g/mol. The lowest BCUT2D eigenvalue weighted by molar-refractivity contribution is 0.459. The zero-order chi connectivity index (χ0) is 13.8. The minimum Gasteiger partial charge on any atom is -0.439 e. The maximum absolute atomic E-state index is 13.1. The van der Waals surface area contributed by atoms with Gasteiger partial charge in [-0.2, -0.15) is 4.98 Å². The van der Waals surface area contributed by atoms with Crippen molar-refractivity contribution in [3.8, 4) is 11.6 Å². The largest absolute Gasteiger partial charge is 0.439 e. The zero-order valence-corrected chi connectivity index (χ0v) is 12.2. The molecular weight excluding hydrogens is 313 g/mol. The van der Waals surface area contributed by atoms with Crippen molar-refractivity contribution in [3.63, 3.8) is 0 Å². The fourth-order valence-corrected chi connectivity index (χ4v) is 1.85. The highest BCUT2D eigenvalue weighted by Gasteiger charge is 2.06. The number of hydrogen-bond acceptors (Lipinski definition) is 4. The molecule has 0 bridgehead atoms. The molecule has 0 radical (unpaired) electrons. The smallest absolute Gasteiger partial charge is 0.226 e. The van der Waals surface area contributed by atoms with Crippen molar-refractivity contribution in [3.05, 3.63) is 40.2 Å². The van der Waals surface area contributed by atoms with E-state index in [1.165, 1.54) is 6.07 Å². The van der Waals surface area contributed by atoms with Crippen molar-refractivity contribution in [2.24, 2.45) is 0 Å². The van der Waals surface area contributed by atoms with E-state index < -0.39 is 0 Å². The summed E-state index contributed by atoms with van der Waals surface area (Å²) in [6.07, 6.45) is 0. The molecule has 0 aliphatic carbocycles. The molecule has 0 saturated heterocycles. The van der Waals surface area contributed by atoms with Gasteiger partial charge >= 0.3 is 0 Å². The minimum atomic E-state index is -0.334. The van der Waals surface area contributed by atoms with E-state index in [1.807, 2.05) is 13.8 Å². The van der Waals surface area contributed by atoms with E-state index in [1.54, 1.807) is 18.2 Å². The number of aryl methyl sites for hydroxylation is 1. The van der Waals surface area contributed by atoms with Crippen LogP contribution in [0.5, 0.6) is 11.6 Å². The highest BCUT2D eigenvalue weighted by molar-refractivity contribution is 9.10. The number of hydrogen-bond donors (Lipinski definition) is 1. The molecule has 0 fully saturated rings. The second kappa shape index (κ2) is 5.97. The SMILES string of the molecule is CCNc1nc(C)cc(Oc2ccc(F)c(Br)c2)n1. The molecule has 6 heteroatoms. The Bertz CT molecular complexity index is 592. The molecule has 1 aromatic carbocycles. The van der Waals surface area contributed by atoms with Crippen LogP contribution in [0.15, 0.2) is 28.7 Å². The van der Waals surface area contributed by atoms with Gasteiger partial charge in [-0.1, -0.05) is 0 Å². The van der Waals surface area contributed by atoms with Gasteiger partial charge < -0.3 is 10.1 Å². The van der Waals surface area contributed by atoms with Crippen LogP contribution in [0.3, 0.4) is 0 Å². The fourth-order valence-electron chi connectivity index (χ4n) is 1.49. The summed E-state index contributed by atoms with van der Waals surface area (Å²) in [4.78, 5) is 8.44. The van der Waals surface area contributed by atoms with Gasteiger partial charge in [-0.3, -0.25) is 0 Å². The van der Waals surface area contributed by atoms with Crippen molar-refractivity contribution in [1.82, 2.24) is 9.97 Å². The summed E-state index contributed by atoms with van der Waals surface area (Å²) in [5.41, 5.74) is 0.794. The van der Waals surface area contributed by atoms with Crippen LogP contribution in [0.1, 0.15) is 12.6 Å². The van der Waals surface area contributed by atoms with Crippen LogP contribution in [-0.4, -0.2) is 16.5 Å². The number of benzene rings is 1. The quantitative estimate of drug-likeness (QED) is 0.925. The van der Waals surface area contributed by atoms with Crippen LogP contribution in [-0.2, 0) is 0 Å². The third-order valence-corrected chi connectivity index (χ3v) is 2.89. The fraction of sp³-hybridized carbons (Fsp3) is 0.231. The summed E-state index contributed by atoms with van der Waals surface area (Å²) in [6.45, 7) is 4.55. The van der Waals surface area contributed by atoms with E-state index in [2.05, 4.69) is 31.2 Å². The molecule has 2 aromatic rings. The van der Waals surface area contributed by atoms with Gasteiger partial charge in [-0.15, -0.1) is 0 Å². The van der Waals surface area contributed by atoms with E-state index in [-0.39, 0.29) is 5.82 Å². The number of rotatable bonds is 4. The summed E-state index contributed by atoms with van der Waals surface area (Å²) in [5.74, 6) is 1.11. The number of nitrogens with zero attached hydrogens (tertiary/aromatic N) is 2. The molecule has 0 unspecified atom stereocenters. The van der Waals surface area contributed by atoms with Crippen molar-refractivity contribution in [1.29, 1.82) is 0 Å². The summed E-state index contributed by atoms with van der Waals surface area (Å²) in [6, 6.07) is 6.15. The third kappa shape index (κ3) is 3.64. The lowest BCUT2D eigenvalue weighted by atomic mass is 10.3. The topological polar surface area (TPSA) is 47.0 Å². The van der Waals surface area contributed by atoms with Gasteiger partial charge in [0.2, 0.25) is 11.8 Å². The predicted molar refractivity (Wildman–Crippen MR) is 75.1 cm³/mol. The average Bonchev–Trinajstić information content (AvgIpc) is 2.33. The highest BCUT2D eigenvalue weighted by Crippen LogP contribution is 2.26. The van der Waals surface area contributed by atoms with Crippen molar-refractivity contribution < 1.29 is 9.13 Å². The predicted octanol–water partition coefficient (Wildman–Crippen LogP) is 3.91. The van der Waals surface area contributed by atoms with Crippen LogP contribution in [0, 0.1) is 12.7 Å². The second-order valence-corrected chi connectivity index (χ2v) is 4.73. The van der Waals surface area contributed by atoms with Crippen LogP contribution in [0.4, 0.5) is 10.3 Å². The van der Waals surface area contributed by atoms with Crippen LogP contribution < -0.4 is 10.1 Å². The van der Waals surface area contributed by atoms with Gasteiger partial charge in [0.15, 0.2) is 0 Å². The minimum absolute atomic E-state index is 0.334. The normalized spacial score (nSPS) is 10.3. The molecular formula is C13H13BrFN3O. The van der Waals surface area contributed by atoms with E-state index in [9.17, 15) is 4.39 Å². The van der Waals surface area contributed by atoms with Crippen LogP contribution in [0.25, 0.3) is 0 Å². The van der Waals surface area contributed by atoms with Gasteiger partial charge in [-0.25, -0.2) is 9.37 Å². The molecule has 0 saturated carbocycles. The molecule has 0 aliphatic rings. The van der Waals surface area contributed by atoms with Crippen LogP contribution >= 0.6 is 15.9 Å². The number of aromatic nitrogens is 2. The molecule has 0 aliphatic heterocycles. The van der Waals surface area contributed by atoms with Gasteiger partial charge in [-0.05, 0) is 48.0 Å². The third-order valence-electron chi connectivity index (χ3n) is 2.28. The first kappa shape index (κ1) is 13.7. The van der Waals surface area contributed by atoms with E-state index >= 15 is 0 Å². The summed E-state index contributed by atoms with van der Waals surface area (Å²) in [5, 5.41) is 3.02. The Balaban J connectivity index is 2.24. The van der Waals surface area contributed by atoms with E-state index in [0.29, 0.717) is 22.1 Å². The summed E-state index contributed by atoms with van der Waals surface area (Å²) >= 11 is 3.11. The zero-order valence-electron chi connectivity index (χ0n) is 10.6. The lowest BCUT2D eigenvalue weighted by Crippen LogP contribution is -2.04. The Hall–Kier alpha value is -1.69. The first-order valence-electron chi connectivity index (χ1n) is 5.81. The molecule has 1 N–H and O–H groups in total. The van der Waals surface area contributed by atoms with Gasteiger partial charge in [0.05, 0.1) is 4.47 Å². The highest BCUT2D eigenvalue weighted by atomic mass is 79.9. The van der Waals surface area contributed by atoms with Gasteiger partial charge in [0, 0.05) is 18.3 Å². The second-order valence-electron chi connectivity index (χ2n) is 3.88. The molecule has 19 heavy (non-hydrogen) atoms. The van der Waals surface area contributed by atoms with Crippen molar-refractivity contribution >= 4 is 21.9 Å². The maximum Gasteiger partial charge on any atom is 0.226 e. The Morgan fingerprint density at radius 3 is 2.79 bits per heavy atom. The molecule has 0 spiro atoms. The maximum atomic E-state index is 13.1. The molecule has 0 amide bonds. The van der Waals surface area contributed by atoms with Gasteiger partial charge in [0.25, 0.3) is 0 Å². The number of nitrogens with one attached hydrogen (secondary N) is 1. The summed E-state index contributed by atoms with van der Waals surface area (Å²) < 4.78 is 19.1. The first-order valence-corrected chi connectivity index (χ1v) is 6.60. The number of halogens is 2. The summed E-state index contributed by atoms with van der Waals surface area (Å²) in [7, 11) is 0. The molecule has 2 rings (SSSR count). The number of ether oxygens (including phenoxy) is 1. The molecule has 4 nitrogen and oxygen atoms in total.